The van der Waals surface area contributed by atoms with Gasteiger partial charge >= 0.3 is 0 Å². The van der Waals surface area contributed by atoms with E-state index >= 15 is 0 Å². The van der Waals surface area contributed by atoms with E-state index in [0.29, 0.717) is 12.1 Å². The van der Waals surface area contributed by atoms with E-state index in [9.17, 15) is 17.2 Å². The molecule has 0 saturated heterocycles. The van der Waals surface area contributed by atoms with Crippen molar-refractivity contribution in [1.82, 2.24) is 10.2 Å². The summed E-state index contributed by atoms with van der Waals surface area (Å²) in [6.07, 6.45) is 1.32. The summed E-state index contributed by atoms with van der Waals surface area (Å²) < 4.78 is 52.7. The third-order valence-electron chi connectivity index (χ3n) is 2.10. The molecule has 0 unspecified atom stereocenters. The van der Waals surface area contributed by atoms with E-state index in [-0.39, 0.29) is 11.5 Å². The lowest BCUT2D eigenvalue weighted by molar-refractivity contribution is 0.522. The predicted octanol–water partition coefficient (Wildman–Crippen LogP) is 1.14. The highest BCUT2D eigenvalue weighted by molar-refractivity contribution is 7.92. The van der Waals surface area contributed by atoms with E-state index in [1.54, 1.807) is 0 Å². The zero-order chi connectivity index (χ0) is 14.0. The maximum Gasteiger partial charge on any atom is 0.268 e. The average Bonchev–Trinajstić information content (AvgIpc) is 2.27. The van der Waals surface area contributed by atoms with Gasteiger partial charge in [-0.15, -0.1) is 5.10 Å². The van der Waals surface area contributed by atoms with Gasteiger partial charge in [0.05, 0.1) is 0 Å². The number of benzene rings is 1. The van der Waals surface area contributed by atoms with Gasteiger partial charge in [-0.05, 0) is 24.3 Å². The summed E-state index contributed by atoms with van der Waals surface area (Å²) in [5, 5.41) is 6.89. The van der Waals surface area contributed by atoms with Crippen LogP contribution < -0.4 is 10.5 Å². The second-order valence-electron chi connectivity index (χ2n) is 3.53. The molecular formula is C10H8F2N4O2S. The van der Waals surface area contributed by atoms with Gasteiger partial charge in [-0.1, -0.05) is 0 Å². The topological polar surface area (TPSA) is 98.0 Å². The monoisotopic (exact) mass is 286 g/mol. The molecule has 2 aromatic rings. The Bertz CT molecular complexity index is 684. The second-order valence-corrected chi connectivity index (χ2v) is 5.15. The molecular weight excluding hydrogens is 278 g/mol. The summed E-state index contributed by atoms with van der Waals surface area (Å²) in [5.74, 6) is -2.72. The minimum atomic E-state index is -4.45. The van der Waals surface area contributed by atoms with Crippen molar-refractivity contribution in [3.8, 4) is 0 Å². The van der Waals surface area contributed by atoms with Crippen LogP contribution in [0.4, 0.5) is 20.3 Å². The quantitative estimate of drug-likeness (QED) is 0.824. The molecule has 2 rings (SSSR count). The van der Waals surface area contributed by atoms with E-state index < -0.39 is 26.6 Å². The Balaban J connectivity index is 2.46. The van der Waals surface area contributed by atoms with Crippen LogP contribution in [-0.2, 0) is 10.0 Å². The first-order valence-corrected chi connectivity index (χ1v) is 6.43. The second kappa shape index (κ2) is 4.76. The number of hydrogen-bond acceptors (Lipinski definition) is 5. The minimum absolute atomic E-state index is 0.155. The zero-order valence-electron chi connectivity index (χ0n) is 9.34. The van der Waals surface area contributed by atoms with E-state index in [2.05, 4.69) is 10.2 Å². The standard InChI is InChI=1S/C10H8F2N4O2S/c11-7-4-6(13)5-8(12)10(7)19(17,18)16-9-2-1-3-14-15-9/h1-5H,13H2,(H,15,16). The molecule has 0 fully saturated rings. The van der Waals surface area contributed by atoms with Crippen LogP contribution in [0.5, 0.6) is 0 Å². The third-order valence-corrected chi connectivity index (χ3v) is 3.51. The van der Waals surface area contributed by atoms with Crippen LogP contribution in [0.1, 0.15) is 0 Å². The van der Waals surface area contributed by atoms with Gasteiger partial charge in [0.1, 0.15) is 11.6 Å². The summed E-state index contributed by atoms with van der Waals surface area (Å²) in [5.41, 5.74) is 4.99. The van der Waals surface area contributed by atoms with E-state index in [4.69, 9.17) is 5.73 Å². The molecule has 9 heteroatoms. The number of nitrogens with one attached hydrogen (secondary N) is 1. The number of hydrogen-bond donors (Lipinski definition) is 2. The lowest BCUT2D eigenvalue weighted by atomic mass is 10.3. The molecule has 0 atom stereocenters. The van der Waals surface area contributed by atoms with Crippen LogP contribution in [0.15, 0.2) is 35.4 Å². The largest absolute Gasteiger partial charge is 0.399 e. The van der Waals surface area contributed by atoms with E-state index in [1.807, 2.05) is 4.72 Å². The Morgan fingerprint density at radius 3 is 2.37 bits per heavy atom. The number of nitrogens with zero attached hydrogens (tertiary/aromatic N) is 2. The Labute approximate surface area is 107 Å². The Morgan fingerprint density at radius 1 is 1.21 bits per heavy atom. The SMILES string of the molecule is Nc1cc(F)c(S(=O)(=O)Nc2cccnn2)c(F)c1. The van der Waals surface area contributed by atoms with Gasteiger partial charge in [-0.3, -0.25) is 4.72 Å². The summed E-state index contributed by atoms with van der Waals surface area (Å²) in [6, 6.07) is 4.14. The molecule has 0 aliphatic heterocycles. The minimum Gasteiger partial charge on any atom is -0.399 e. The van der Waals surface area contributed by atoms with Crippen LogP contribution in [0.2, 0.25) is 0 Å². The highest BCUT2D eigenvalue weighted by atomic mass is 32.2. The molecule has 0 aliphatic carbocycles. The van der Waals surface area contributed by atoms with Crippen molar-refractivity contribution in [3.63, 3.8) is 0 Å². The Hall–Kier alpha value is -2.29. The van der Waals surface area contributed by atoms with Crippen molar-refractivity contribution in [2.75, 3.05) is 10.5 Å². The van der Waals surface area contributed by atoms with Crippen LogP contribution in [0, 0.1) is 11.6 Å². The predicted molar refractivity (Wildman–Crippen MR) is 63.6 cm³/mol. The molecule has 0 aliphatic rings. The van der Waals surface area contributed by atoms with Crippen LogP contribution in [-0.4, -0.2) is 18.6 Å². The Kier molecular flexibility index (Phi) is 3.30. The summed E-state index contributed by atoms with van der Waals surface area (Å²) in [6.45, 7) is 0. The fourth-order valence-electron chi connectivity index (χ4n) is 1.38. The first kappa shape index (κ1) is 13.1. The molecule has 0 amide bonds. The van der Waals surface area contributed by atoms with Gasteiger partial charge in [0, 0.05) is 11.9 Å². The van der Waals surface area contributed by atoms with Gasteiger partial charge in [-0.2, -0.15) is 5.10 Å². The normalized spacial score (nSPS) is 11.3. The van der Waals surface area contributed by atoms with Gasteiger partial charge in [0.2, 0.25) is 0 Å². The van der Waals surface area contributed by atoms with Crippen LogP contribution >= 0.6 is 0 Å². The van der Waals surface area contributed by atoms with Crippen molar-refractivity contribution >= 4 is 21.5 Å². The molecule has 100 valence electrons. The van der Waals surface area contributed by atoms with Gasteiger partial charge in [0.25, 0.3) is 10.0 Å². The number of aromatic nitrogens is 2. The number of rotatable bonds is 3. The van der Waals surface area contributed by atoms with Gasteiger partial charge in [0.15, 0.2) is 10.7 Å². The van der Waals surface area contributed by atoms with Gasteiger partial charge in [-0.25, -0.2) is 17.2 Å². The molecule has 1 aromatic heterocycles. The lowest BCUT2D eigenvalue weighted by Crippen LogP contribution is -2.17. The van der Waals surface area contributed by atoms with Crippen molar-refractivity contribution in [3.05, 3.63) is 42.1 Å². The van der Waals surface area contributed by atoms with Crippen molar-refractivity contribution < 1.29 is 17.2 Å². The zero-order valence-corrected chi connectivity index (χ0v) is 10.2. The fraction of sp³-hybridized carbons (Fsp3) is 0. The highest BCUT2D eigenvalue weighted by Gasteiger charge is 2.25. The fourth-order valence-corrected chi connectivity index (χ4v) is 2.50. The maximum atomic E-state index is 13.5. The number of halogens is 2. The summed E-state index contributed by atoms with van der Waals surface area (Å²) in [4.78, 5) is -1.12. The molecule has 0 bridgehead atoms. The smallest absolute Gasteiger partial charge is 0.268 e. The average molecular weight is 286 g/mol. The van der Waals surface area contributed by atoms with E-state index in [1.165, 1.54) is 18.3 Å². The molecule has 6 nitrogen and oxygen atoms in total. The van der Waals surface area contributed by atoms with Crippen LogP contribution in [0.3, 0.4) is 0 Å². The van der Waals surface area contributed by atoms with Crippen LogP contribution in [0.25, 0.3) is 0 Å². The van der Waals surface area contributed by atoms with Crippen molar-refractivity contribution in [2.45, 2.75) is 4.90 Å². The number of nitrogens with two attached hydrogens (primary N) is 1. The maximum absolute atomic E-state index is 13.5. The molecule has 1 aromatic carbocycles. The van der Waals surface area contributed by atoms with Crippen molar-refractivity contribution in [2.24, 2.45) is 0 Å². The molecule has 1 heterocycles. The molecule has 3 N–H and O–H groups in total. The molecule has 0 radical (unpaired) electrons. The Morgan fingerprint density at radius 2 is 1.84 bits per heavy atom. The first-order valence-electron chi connectivity index (χ1n) is 4.95. The number of sulfonamides is 1. The summed E-state index contributed by atoms with van der Waals surface area (Å²) >= 11 is 0. The number of anilines is 2. The van der Waals surface area contributed by atoms with Gasteiger partial charge < -0.3 is 5.73 Å². The highest BCUT2D eigenvalue weighted by Crippen LogP contribution is 2.23. The summed E-state index contributed by atoms with van der Waals surface area (Å²) in [7, 11) is -4.45. The molecule has 19 heavy (non-hydrogen) atoms. The lowest BCUT2D eigenvalue weighted by Gasteiger charge is -2.09. The van der Waals surface area contributed by atoms with Crippen molar-refractivity contribution in [1.29, 1.82) is 0 Å². The number of nitrogen functional groups attached to an aromatic ring is 1. The van der Waals surface area contributed by atoms with E-state index in [0.717, 1.165) is 0 Å². The first-order chi connectivity index (χ1) is 8.90. The molecule has 0 saturated carbocycles. The molecule has 0 spiro atoms. The third kappa shape index (κ3) is 2.76.